The number of methoxy groups -OCH3 is 1. The maximum atomic E-state index is 11.6. The lowest BCUT2D eigenvalue weighted by molar-refractivity contribution is 0.0600. The van der Waals surface area contributed by atoms with E-state index in [0.29, 0.717) is 11.5 Å². The average Bonchev–Trinajstić information content (AvgIpc) is 3.19. The van der Waals surface area contributed by atoms with Gasteiger partial charge in [-0.05, 0) is 42.6 Å². The van der Waals surface area contributed by atoms with Gasteiger partial charge in [-0.25, -0.2) is 4.79 Å². The minimum atomic E-state index is -0.298. The number of carbonyl (C=O) groups excluding carboxylic acids is 1. The van der Waals surface area contributed by atoms with E-state index < -0.39 is 0 Å². The van der Waals surface area contributed by atoms with Crippen LogP contribution in [0, 0.1) is 0 Å². The number of carbonyl (C=O) groups is 1. The van der Waals surface area contributed by atoms with Crippen LogP contribution >= 0.6 is 11.8 Å². The lowest BCUT2D eigenvalue weighted by atomic mass is 9.96. The highest BCUT2D eigenvalue weighted by Crippen LogP contribution is 2.29. The largest absolute Gasteiger partial charge is 0.465 e. The summed E-state index contributed by atoms with van der Waals surface area (Å²) in [5.74, 6) is 2.05. The number of ether oxygens (including phenoxy) is 1. The fourth-order valence-electron chi connectivity index (χ4n) is 4.06. The van der Waals surface area contributed by atoms with Crippen LogP contribution in [0.25, 0.3) is 0 Å². The Balaban J connectivity index is 1.37. The van der Waals surface area contributed by atoms with Gasteiger partial charge in [-0.15, -0.1) is 10.2 Å². The monoisotopic (exact) mass is 436 g/mol. The third-order valence-electron chi connectivity index (χ3n) is 5.73. The Hall–Kier alpha value is -2.64. The maximum absolute atomic E-state index is 11.6. The van der Waals surface area contributed by atoms with E-state index in [1.54, 1.807) is 11.8 Å². The molecule has 6 nitrogen and oxygen atoms in total. The summed E-state index contributed by atoms with van der Waals surface area (Å²) in [4.78, 5) is 14.1. The van der Waals surface area contributed by atoms with Gasteiger partial charge in [-0.2, -0.15) is 0 Å². The predicted octanol–water partition coefficient (Wildman–Crippen LogP) is 4.27. The number of esters is 1. The molecule has 0 radical (unpaired) electrons. The molecule has 1 atom stereocenters. The lowest BCUT2D eigenvalue weighted by Crippen LogP contribution is -2.34. The summed E-state index contributed by atoms with van der Waals surface area (Å²) >= 11 is 1.73. The number of hydrogen-bond acceptors (Lipinski definition) is 6. The number of nitrogens with zero attached hydrogens (tertiary/aromatic N) is 4. The van der Waals surface area contributed by atoms with Gasteiger partial charge in [0.15, 0.2) is 5.16 Å². The zero-order valence-electron chi connectivity index (χ0n) is 18.0. The molecule has 7 heteroatoms. The molecule has 1 saturated heterocycles. The van der Waals surface area contributed by atoms with Gasteiger partial charge in [0, 0.05) is 31.8 Å². The van der Waals surface area contributed by atoms with Gasteiger partial charge in [0.2, 0.25) is 0 Å². The smallest absolute Gasteiger partial charge is 0.337 e. The Morgan fingerprint density at radius 2 is 1.87 bits per heavy atom. The third kappa shape index (κ3) is 5.35. The number of benzene rings is 2. The molecule has 0 amide bonds. The molecule has 1 aliphatic rings. The summed E-state index contributed by atoms with van der Waals surface area (Å²) in [6.07, 6.45) is 2.28. The second-order valence-corrected chi connectivity index (χ2v) is 8.88. The molecule has 2 heterocycles. The molecule has 162 valence electrons. The Bertz CT molecular complexity index is 1000. The molecule has 0 N–H and O–H groups in total. The van der Waals surface area contributed by atoms with Gasteiger partial charge in [-0.3, -0.25) is 4.90 Å². The number of likely N-dealkylation sites (tertiary alicyclic amines) is 1. The molecule has 1 aliphatic heterocycles. The maximum Gasteiger partial charge on any atom is 0.337 e. The van der Waals surface area contributed by atoms with Crippen LogP contribution in [0.1, 0.15) is 46.1 Å². The first-order valence-corrected chi connectivity index (χ1v) is 11.6. The van der Waals surface area contributed by atoms with Gasteiger partial charge < -0.3 is 9.30 Å². The first-order chi connectivity index (χ1) is 15.1. The van der Waals surface area contributed by atoms with E-state index in [1.807, 2.05) is 30.3 Å². The van der Waals surface area contributed by atoms with Crippen LogP contribution in [-0.4, -0.2) is 45.8 Å². The Labute approximate surface area is 187 Å². The molecular weight excluding hydrogens is 408 g/mol. The predicted molar refractivity (Wildman–Crippen MR) is 122 cm³/mol. The van der Waals surface area contributed by atoms with Crippen LogP contribution < -0.4 is 0 Å². The summed E-state index contributed by atoms with van der Waals surface area (Å²) < 4.78 is 6.94. The highest BCUT2D eigenvalue weighted by atomic mass is 32.2. The van der Waals surface area contributed by atoms with Crippen molar-refractivity contribution in [3.8, 4) is 0 Å². The van der Waals surface area contributed by atoms with E-state index in [2.05, 4.69) is 51.0 Å². The lowest BCUT2D eigenvalue weighted by Gasteiger charge is -2.32. The number of rotatable bonds is 7. The van der Waals surface area contributed by atoms with Crippen LogP contribution in [-0.2, 0) is 24.1 Å². The first kappa shape index (κ1) is 21.6. The van der Waals surface area contributed by atoms with E-state index in [0.717, 1.165) is 49.2 Å². The highest BCUT2D eigenvalue weighted by molar-refractivity contribution is 7.98. The van der Waals surface area contributed by atoms with Crippen molar-refractivity contribution in [2.24, 2.45) is 7.05 Å². The standard InChI is InChI=1S/C24H28N4O2S/c1-27-22(25-26-24(27)31-17-19-7-4-3-5-8-19)21-9-6-14-28(16-21)15-18-10-12-20(13-11-18)23(29)30-2/h3-5,7-8,10-13,21H,6,9,14-17H2,1-2H3. The van der Waals surface area contributed by atoms with Crippen molar-refractivity contribution in [1.82, 2.24) is 19.7 Å². The fourth-order valence-corrected chi connectivity index (χ4v) is 4.94. The highest BCUT2D eigenvalue weighted by Gasteiger charge is 2.26. The quantitative estimate of drug-likeness (QED) is 0.407. The van der Waals surface area contributed by atoms with Crippen LogP contribution in [0.3, 0.4) is 0 Å². The van der Waals surface area contributed by atoms with Gasteiger partial charge >= 0.3 is 5.97 Å². The molecule has 3 aromatic rings. The third-order valence-corrected chi connectivity index (χ3v) is 6.82. The van der Waals surface area contributed by atoms with Crippen LogP contribution in [0.4, 0.5) is 0 Å². The van der Waals surface area contributed by atoms with E-state index in [4.69, 9.17) is 4.74 Å². The number of piperidine rings is 1. The molecule has 1 fully saturated rings. The SMILES string of the molecule is COC(=O)c1ccc(CN2CCCC(c3nnc(SCc4ccccc4)n3C)C2)cc1. The fraction of sp³-hybridized carbons (Fsp3) is 0.375. The van der Waals surface area contributed by atoms with Crippen molar-refractivity contribution in [3.05, 3.63) is 77.1 Å². The molecule has 0 saturated carbocycles. The number of thioether (sulfide) groups is 1. The van der Waals surface area contributed by atoms with Crippen molar-refractivity contribution in [2.75, 3.05) is 20.2 Å². The van der Waals surface area contributed by atoms with Crippen molar-refractivity contribution in [1.29, 1.82) is 0 Å². The molecule has 1 unspecified atom stereocenters. The molecule has 31 heavy (non-hydrogen) atoms. The molecular formula is C24H28N4O2S. The van der Waals surface area contributed by atoms with E-state index in [-0.39, 0.29) is 5.97 Å². The first-order valence-electron chi connectivity index (χ1n) is 10.6. The number of aromatic nitrogens is 3. The zero-order chi connectivity index (χ0) is 21.6. The summed E-state index contributed by atoms with van der Waals surface area (Å²) in [5.41, 5.74) is 3.08. The molecule has 1 aromatic heterocycles. The molecule has 0 spiro atoms. The summed E-state index contributed by atoms with van der Waals surface area (Å²) in [5, 5.41) is 9.98. The van der Waals surface area contributed by atoms with E-state index in [1.165, 1.54) is 18.2 Å². The Morgan fingerprint density at radius 3 is 2.61 bits per heavy atom. The summed E-state index contributed by atoms with van der Waals surface area (Å²) in [6, 6.07) is 18.1. The second-order valence-electron chi connectivity index (χ2n) is 7.94. The van der Waals surface area contributed by atoms with Crippen molar-refractivity contribution in [2.45, 2.75) is 36.2 Å². The van der Waals surface area contributed by atoms with Gasteiger partial charge in [0.1, 0.15) is 5.82 Å². The summed E-state index contributed by atoms with van der Waals surface area (Å²) in [6.45, 7) is 2.90. The molecule has 4 rings (SSSR count). The molecule has 0 aliphatic carbocycles. The minimum Gasteiger partial charge on any atom is -0.465 e. The second kappa shape index (κ2) is 10.1. The van der Waals surface area contributed by atoms with Gasteiger partial charge in [0.05, 0.1) is 12.7 Å². The normalized spacial score (nSPS) is 16.9. The van der Waals surface area contributed by atoms with E-state index in [9.17, 15) is 4.79 Å². The van der Waals surface area contributed by atoms with Crippen LogP contribution in [0.2, 0.25) is 0 Å². The zero-order valence-corrected chi connectivity index (χ0v) is 18.8. The van der Waals surface area contributed by atoms with Gasteiger partial charge in [0.25, 0.3) is 0 Å². The topological polar surface area (TPSA) is 60.2 Å². The Kier molecular flexibility index (Phi) is 7.04. The average molecular weight is 437 g/mol. The van der Waals surface area contributed by atoms with Gasteiger partial charge in [-0.1, -0.05) is 54.2 Å². The van der Waals surface area contributed by atoms with Crippen LogP contribution in [0.15, 0.2) is 59.8 Å². The van der Waals surface area contributed by atoms with Crippen molar-refractivity contribution < 1.29 is 9.53 Å². The molecule has 0 bridgehead atoms. The van der Waals surface area contributed by atoms with Crippen molar-refractivity contribution in [3.63, 3.8) is 0 Å². The molecule has 2 aromatic carbocycles. The van der Waals surface area contributed by atoms with Crippen LogP contribution in [0.5, 0.6) is 0 Å². The minimum absolute atomic E-state index is 0.298. The number of hydrogen-bond donors (Lipinski definition) is 0. The Morgan fingerprint density at radius 1 is 1.10 bits per heavy atom. The van der Waals surface area contributed by atoms with Crippen molar-refractivity contribution >= 4 is 17.7 Å². The van der Waals surface area contributed by atoms with E-state index >= 15 is 0 Å². The summed E-state index contributed by atoms with van der Waals surface area (Å²) in [7, 11) is 3.48.